The minimum absolute atomic E-state index is 0.0479. The van der Waals surface area contributed by atoms with Gasteiger partial charge in [0.15, 0.2) is 5.78 Å². The summed E-state index contributed by atoms with van der Waals surface area (Å²) in [7, 11) is -1.44. The molecule has 0 aromatic heterocycles. The Bertz CT molecular complexity index is 490. The van der Waals surface area contributed by atoms with Crippen LogP contribution in [0.1, 0.15) is 31.1 Å². The van der Waals surface area contributed by atoms with Crippen LogP contribution >= 0.6 is 0 Å². The number of carbonyl (C=O) groups excluding carboxylic acids is 1. The summed E-state index contributed by atoms with van der Waals surface area (Å²) in [6.07, 6.45) is 1.11. The van der Waals surface area contributed by atoms with Crippen molar-refractivity contribution < 1.29 is 22.8 Å². The summed E-state index contributed by atoms with van der Waals surface area (Å²) in [5, 5.41) is 0. The van der Waals surface area contributed by atoms with Crippen molar-refractivity contribution in [2.75, 3.05) is 7.11 Å². The van der Waals surface area contributed by atoms with E-state index in [1.807, 2.05) is 0 Å². The third-order valence-electron chi connectivity index (χ3n) is 2.59. The zero-order valence-corrected chi connectivity index (χ0v) is 11.9. The fourth-order valence-electron chi connectivity index (χ4n) is 1.48. The monoisotopic (exact) mass is 282 g/mol. The SMILES string of the molecule is COc1ccc(C(=O)/C=C(/OB(F)F)C(C)(C)C)cc1. The molecule has 3 nitrogen and oxygen atoms in total. The van der Waals surface area contributed by atoms with E-state index in [-0.39, 0.29) is 5.76 Å². The molecule has 1 aromatic rings. The van der Waals surface area contributed by atoms with Crippen LogP contribution in [0.2, 0.25) is 0 Å². The second-order valence-corrected chi connectivity index (χ2v) is 5.23. The lowest BCUT2D eigenvalue weighted by atomic mass is 9.91. The Balaban J connectivity index is 3.00. The Morgan fingerprint density at radius 3 is 2.15 bits per heavy atom. The maximum absolute atomic E-state index is 12.4. The molecule has 1 rings (SSSR count). The van der Waals surface area contributed by atoms with Crippen molar-refractivity contribution >= 4 is 13.3 Å². The number of ketones is 1. The van der Waals surface area contributed by atoms with Gasteiger partial charge in [-0.1, -0.05) is 20.8 Å². The van der Waals surface area contributed by atoms with Gasteiger partial charge in [0, 0.05) is 17.1 Å². The zero-order chi connectivity index (χ0) is 15.3. The van der Waals surface area contributed by atoms with E-state index >= 15 is 0 Å². The fraction of sp³-hybridized carbons (Fsp3) is 0.357. The van der Waals surface area contributed by atoms with Crippen LogP contribution in [0.5, 0.6) is 5.75 Å². The molecule has 0 unspecified atom stereocenters. The van der Waals surface area contributed by atoms with Gasteiger partial charge in [0.25, 0.3) is 0 Å². The molecule has 0 amide bonds. The van der Waals surface area contributed by atoms with E-state index in [1.54, 1.807) is 45.0 Å². The summed E-state index contributed by atoms with van der Waals surface area (Å²) in [6, 6.07) is 6.40. The van der Waals surface area contributed by atoms with Crippen LogP contribution in [0, 0.1) is 5.41 Å². The van der Waals surface area contributed by atoms with E-state index in [4.69, 9.17) is 4.74 Å². The van der Waals surface area contributed by atoms with Crippen molar-refractivity contribution in [2.24, 2.45) is 5.41 Å². The molecular formula is C14H17BF2O3. The Labute approximate surface area is 117 Å². The van der Waals surface area contributed by atoms with Gasteiger partial charge < -0.3 is 9.39 Å². The highest BCUT2D eigenvalue weighted by atomic mass is 19.2. The predicted octanol–water partition coefficient (Wildman–Crippen LogP) is 3.75. The molecule has 0 saturated heterocycles. The number of hydrogen-bond acceptors (Lipinski definition) is 3. The first kappa shape index (κ1) is 16.2. The summed E-state index contributed by atoms with van der Waals surface area (Å²) < 4.78 is 34.2. The van der Waals surface area contributed by atoms with Gasteiger partial charge >= 0.3 is 7.47 Å². The van der Waals surface area contributed by atoms with Gasteiger partial charge in [-0.05, 0) is 24.3 Å². The number of benzene rings is 1. The Hall–Kier alpha value is -1.85. The molecule has 0 spiro atoms. The van der Waals surface area contributed by atoms with Crippen molar-refractivity contribution in [1.29, 1.82) is 0 Å². The van der Waals surface area contributed by atoms with Crippen molar-refractivity contribution in [3.8, 4) is 5.75 Å². The molecule has 0 atom stereocenters. The summed E-state index contributed by atoms with van der Waals surface area (Å²) in [6.45, 7) is 5.09. The number of carbonyl (C=O) groups is 1. The molecule has 0 heterocycles. The molecule has 0 fully saturated rings. The second kappa shape index (κ2) is 6.54. The van der Waals surface area contributed by atoms with Crippen LogP contribution in [0.3, 0.4) is 0 Å². The number of rotatable bonds is 5. The molecule has 0 aliphatic heterocycles. The lowest BCUT2D eigenvalue weighted by molar-refractivity contribution is 0.103. The van der Waals surface area contributed by atoms with Gasteiger partial charge in [0.1, 0.15) is 5.75 Å². The predicted molar refractivity (Wildman–Crippen MR) is 73.9 cm³/mol. The van der Waals surface area contributed by atoms with E-state index in [0.29, 0.717) is 11.3 Å². The van der Waals surface area contributed by atoms with Gasteiger partial charge in [0.05, 0.1) is 12.9 Å². The zero-order valence-electron chi connectivity index (χ0n) is 11.9. The highest BCUT2D eigenvalue weighted by Crippen LogP contribution is 2.27. The lowest BCUT2D eigenvalue weighted by Gasteiger charge is -2.22. The number of ether oxygens (including phenoxy) is 1. The van der Waals surface area contributed by atoms with Crippen molar-refractivity contribution in [2.45, 2.75) is 20.8 Å². The molecule has 6 heteroatoms. The Kier molecular flexibility index (Phi) is 5.30. The van der Waals surface area contributed by atoms with Gasteiger partial charge in [-0.2, -0.15) is 0 Å². The first-order chi connectivity index (χ1) is 9.24. The summed E-state index contributed by atoms with van der Waals surface area (Å²) in [4.78, 5) is 12.0. The number of methoxy groups -OCH3 is 1. The third kappa shape index (κ3) is 4.68. The summed E-state index contributed by atoms with van der Waals surface area (Å²) >= 11 is 0. The molecule has 0 aliphatic rings. The van der Waals surface area contributed by atoms with Crippen LogP contribution in [0.25, 0.3) is 0 Å². The second-order valence-electron chi connectivity index (χ2n) is 5.23. The molecule has 0 aliphatic carbocycles. The molecule has 108 valence electrons. The molecule has 0 saturated carbocycles. The van der Waals surface area contributed by atoms with E-state index < -0.39 is 18.7 Å². The molecule has 0 bridgehead atoms. The molecule has 0 radical (unpaired) electrons. The topological polar surface area (TPSA) is 35.5 Å². The van der Waals surface area contributed by atoms with Crippen LogP contribution < -0.4 is 4.74 Å². The molecule has 0 N–H and O–H groups in total. The minimum atomic E-state index is -2.95. The lowest BCUT2D eigenvalue weighted by Crippen LogP contribution is -2.18. The maximum Gasteiger partial charge on any atom is 0.796 e. The van der Waals surface area contributed by atoms with Crippen LogP contribution in [0.4, 0.5) is 8.63 Å². The van der Waals surface area contributed by atoms with Gasteiger partial charge in [-0.3, -0.25) is 4.79 Å². The first-order valence-electron chi connectivity index (χ1n) is 6.09. The van der Waals surface area contributed by atoms with E-state index in [0.717, 1.165) is 6.08 Å². The average molecular weight is 282 g/mol. The van der Waals surface area contributed by atoms with Gasteiger partial charge in [0.2, 0.25) is 0 Å². The third-order valence-corrected chi connectivity index (χ3v) is 2.59. The maximum atomic E-state index is 12.4. The minimum Gasteiger partial charge on any atom is -0.508 e. The number of allylic oxidation sites excluding steroid dienone is 2. The smallest absolute Gasteiger partial charge is 0.508 e. The largest absolute Gasteiger partial charge is 0.796 e. The molecular weight excluding hydrogens is 265 g/mol. The van der Waals surface area contributed by atoms with Gasteiger partial charge in [-0.25, -0.2) is 8.63 Å². The van der Waals surface area contributed by atoms with E-state index in [2.05, 4.69) is 4.65 Å². The van der Waals surface area contributed by atoms with Gasteiger partial charge in [-0.15, -0.1) is 0 Å². The van der Waals surface area contributed by atoms with Crippen LogP contribution in [-0.4, -0.2) is 20.4 Å². The van der Waals surface area contributed by atoms with E-state index in [9.17, 15) is 13.4 Å². The number of hydrogen-bond donors (Lipinski definition) is 0. The summed E-state index contributed by atoms with van der Waals surface area (Å²) in [5.41, 5.74) is -0.302. The van der Waals surface area contributed by atoms with Crippen molar-refractivity contribution in [3.05, 3.63) is 41.7 Å². The first-order valence-corrected chi connectivity index (χ1v) is 6.09. The quantitative estimate of drug-likeness (QED) is 0.357. The van der Waals surface area contributed by atoms with Crippen LogP contribution in [0.15, 0.2) is 36.1 Å². The summed E-state index contributed by atoms with van der Waals surface area (Å²) in [5.74, 6) is 0.178. The highest BCUT2D eigenvalue weighted by molar-refractivity contribution is 6.35. The Morgan fingerprint density at radius 1 is 1.20 bits per heavy atom. The van der Waals surface area contributed by atoms with Crippen LogP contribution in [-0.2, 0) is 4.65 Å². The Morgan fingerprint density at radius 2 is 1.75 bits per heavy atom. The standard InChI is InChI=1S/C14H17BF2O3/c1-14(2,3)13(20-15(16)17)9-12(18)10-5-7-11(19-4)8-6-10/h5-9H,1-4H3/b13-9+. The normalized spacial score (nSPS) is 12.0. The van der Waals surface area contributed by atoms with Crippen molar-refractivity contribution in [3.63, 3.8) is 0 Å². The molecule has 1 aromatic carbocycles. The fourth-order valence-corrected chi connectivity index (χ4v) is 1.48. The van der Waals surface area contributed by atoms with Crippen molar-refractivity contribution in [1.82, 2.24) is 0 Å². The molecule has 20 heavy (non-hydrogen) atoms. The highest BCUT2D eigenvalue weighted by Gasteiger charge is 2.27. The van der Waals surface area contributed by atoms with E-state index in [1.165, 1.54) is 7.11 Å². The number of halogens is 2. The average Bonchev–Trinajstić information content (AvgIpc) is 2.36.